The molecule has 0 spiro atoms. The summed E-state index contributed by atoms with van der Waals surface area (Å²) in [4.78, 5) is 12.0. The average Bonchev–Trinajstić information content (AvgIpc) is 2.37. The molecule has 0 saturated carbocycles. The molecule has 1 aromatic rings. The fourth-order valence-corrected chi connectivity index (χ4v) is 1.87. The molecule has 0 aromatic carbocycles. The van der Waals surface area contributed by atoms with Crippen LogP contribution in [0.1, 0.15) is 48.0 Å². The van der Waals surface area contributed by atoms with E-state index in [2.05, 4.69) is 20.8 Å². The van der Waals surface area contributed by atoms with E-state index >= 15 is 0 Å². The third-order valence-corrected chi connectivity index (χ3v) is 2.86. The maximum Gasteiger partial charge on any atom is 0.294 e. The maximum atomic E-state index is 12.0. The summed E-state index contributed by atoms with van der Waals surface area (Å²) < 4.78 is 3.12. The van der Waals surface area contributed by atoms with Gasteiger partial charge in [0, 0.05) is 6.54 Å². The summed E-state index contributed by atoms with van der Waals surface area (Å²) in [6.07, 6.45) is 0.851. The molecule has 18 heavy (non-hydrogen) atoms. The Kier molecular flexibility index (Phi) is 3.56. The molecular formula is C13H25N3O2. The predicted molar refractivity (Wildman–Crippen MR) is 73.8 cm³/mol. The van der Waals surface area contributed by atoms with E-state index in [1.54, 1.807) is 4.68 Å². The van der Waals surface area contributed by atoms with Gasteiger partial charge in [0.05, 0.1) is 5.54 Å². The van der Waals surface area contributed by atoms with Gasteiger partial charge in [0.15, 0.2) is 5.69 Å². The minimum absolute atomic E-state index is 0.0705. The molecule has 0 aliphatic heterocycles. The van der Waals surface area contributed by atoms with E-state index in [9.17, 15) is 9.90 Å². The SMILES string of the molecule is CC(C)(C)CCn1c(O)c(N)c(=O)n1C(C)(C)C. The molecule has 5 heteroatoms. The van der Waals surface area contributed by atoms with Crippen LogP contribution in [0.2, 0.25) is 0 Å². The zero-order chi connectivity index (χ0) is 14.3. The van der Waals surface area contributed by atoms with E-state index in [1.807, 2.05) is 20.8 Å². The zero-order valence-corrected chi connectivity index (χ0v) is 12.2. The molecule has 0 saturated heterocycles. The van der Waals surface area contributed by atoms with Crippen molar-refractivity contribution in [2.75, 3.05) is 5.73 Å². The lowest BCUT2D eigenvalue weighted by atomic mass is 9.92. The number of nitrogen functional groups attached to an aromatic ring is 1. The van der Waals surface area contributed by atoms with E-state index in [1.165, 1.54) is 4.68 Å². The number of hydrogen-bond acceptors (Lipinski definition) is 3. The topological polar surface area (TPSA) is 73.2 Å². The Morgan fingerprint density at radius 2 is 1.67 bits per heavy atom. The summed E-state index contributed by atoms with van der Waals surface area (Å²) in [7, 11) is 0. The highest BCUT2D eigenvalue weighted by atomic mass is 16.3. The van der Waals surface area contributed by atoms with Crippen molar-refractivity contribution in [3.63, 3.8) is 0 Å². The smallest absolute Gasteiger partial charge is 0.294 e. The zero-order valence-electron chi connectivity index (χ0n) is 12.2. The lowest BCUT2D eigenvalue weighted by molar-refractivity contribution is 0.234. The number of aromatic hydroxyl groups is 1. The lowest BCUT2D eigenvalue weighted by Gasteiger charge is -2.26. The monoisotopic (exact) mass is 255 g/mol. The van der Waals surface area contributed by atoms with Gasteiger partial charge in [0.25, 0.3) is 5.56 Å². The van der Waals surface area contributed by atoms with E-state index in [-0.39, 0.29) is 22.5 Å². The Hall–Kier alpha value is -1.39. The molecule has 0 aliphatic carbocycles. The quantitative estimate of drug-likeness (QED) is 0.850. The van der Waals surface area contributed by atoms with Crippen molar-refractivity contribution in [2.24, 2.45) is 5.41 Å². The van der Waals surface area contributed by atoms with E-state index in [0.717, 1.165) is 6.42 Å². The number of rotatable bonds is 2. The van der Waals surface area contributed by atoms with Crippen LogP contribution in [0.4, 0.5) is 5.69 Å². The number of aromatic nitrogens is 2. The Bertz CT molecular complexity index is 484. The number of anilines is 1. The van der Waals surface area contributed by atoms with Crippen LogP contribution in [0.25, 0.3) is 0 Å². The fourth-order valence-electron chi connectivity index (χ4n) is 1.87. The largest absolute Gasteiger partial charge is 0.492 e. The third-order valence-electron chi connectivity index (χ3n) is 2.86. The van der Waals surface area contributed by atoms with Crippen molar-refractivity contribution in [1.82, 2.24) is 9.36 Å². The highest BCUT2D eigenvalue weighted by Crippen LogP contribution is 2.26. The fraction of sp³-hybridized carbons (Fsp3) is 0.769. The molecule has 1 heterocycles. The highest BCUT2D eigenvalue weighted by molar-refractivity contribution is 5.46. The van der Waals surface area contributed by atoms with Gasteiger partial charge in [-0.25, -0.2) is 9.36 Å². The molecule has 0 unspecified atom stereocenters. The molecule has 0 atom stereocenters. The molecule has 0 fully saturated rings. The van der Waals surface area contributed by atoms with Gasteiger partial charge in [-0.1, -0.05) is 20.8 Å². The van der Waals surface area contributed by atoms with Gasteiger partial charge in [-0.15, -0.1) is 0 Å². The Labute approximate surface area is 108 Å². The van der Waals surface area contributed by atoms with Crippen LogP contribution >= 0.6 is 0 Å². The van der Waals surface area contributed by atoms with Gasteiger partial charge in [0.2, 0.25) is 5.88 Å². The molecule has 3 N–H and O–H groups in total. The highest BCUT2D eigenvalue weighted by Gasteiger charge is 2.26. The summed E-state index contributed by atoms with van der Waals surface area (Å²) in [6, 6.07) is 0. The van der Waals surface area contributed by atoms with E-state index in [0.29, 0.717) is 6.54 Å². The van der Waals surface area contributed by atoms with Gasteiger partial charge < -0.3 is 10.8 Å². The summed E-state index contributed by atoms with van der Waals surface area (Å²) in [5, 5.41) is 9.98. The first-order valence-electron chi connectivity index (χ1n) is 6.26. The van der Waals surface area contributed by atoms with Crippen molar-refractivity contribution < 1.29 is 5.11 Å². The van der Waals surface area contributed by atoms with Gasteiger partial charge in [-0.3, -0.25) is 4.79 Å². The number of nitrogens with zero attached hydrogens (tertiary/aromatic N) is 2. The second kappa shape index (κ2) is 4.37. The van der Waals surface area contributed by atoms with Crippen molar-refractivity contribution in [1.29, 1.82) is 0 Å². The van der Waals surface area contributed by atoms with Gasteiger partial charge in [0.1, 0.15) is 0 Å². The van der Waals surface area contributed by atoms with Crippen LogP contribution in [-0.2, 0) is 12.1 Å². The first kappa shape index (κ1) is 14.7. The minimum Gasteiger partial charge on any atom is -0.492 e. The molecule has 5 nitrogen and oxygen atoms in total. The minimum atomic E-state index is -0.413. The standard InChI is InChI=1S/C13H25N3O2/c1-12(2,3)7-8-15-10(17)9(14)11(18)16(15)13(4,5)6/h17H,7-8,14H2,1-6H3. The van der Waals surface area contributed by atoms with Crippen molar-refractivity contribution in [2.45, 2.75) is 60.0 Å². The maximum absolute atomic E-state index is 12.0. The second-order valence-electron chi connectivity index (χ2n) is 6.96. The second-order valence-corrected chi connectivity index (χ2v) is 6.96. The van der Waals surface area contributed by atoms with Crippen molar-refractivity contribution >= 4 is 5.69 Å². The predicted octanol–water partition coefficient (Wildman–Crippen LogP) is 2.13. The van der Waals surface area contributed by atoms with Crippen LogP contribution in [0.15, 0.2) is 4.79 Å². The summed E-state index contributed by atoms with van der Waals surface area (Å²) in [5.74, 6) is -0.126. The Balaban J connectivity index is 3.26. The van der Waals surface area contributed by atoms with Gasteiger partial charge >= 0.3 is 0 Å². The molecule has 0 bridgehead atoms. The number of hydrogen-bond donors (Lipinski definition) is 2. The molecular weight excluding hydrogens is 230 g/mol. The first-order valence-corrected chi connectivity index (χ1v) is 6.26. The number of nitrogens with two attached hydrogens (primary N) is 1. The van der Waals surface area contributed by atoms with Crippen LogP contribution in [0.3, 0.4) is 0 Å². The van der Waals surface area contributed by atoms with Crippen LogP contribution in [0, 0.1) is 5.41 Å². The lowest BCUT2D eigenvalue weighted by Crippen LogP contribution is -2.37. The summed E-state index contributed by atoms with van der Waals surface area (Å²) in [6.45, 7) is 12.7. The molecule has 1 aromatic heterocycles. The summed E-state index contributed by atoms with van der Waals surface area (Å²) >= 11 is 0. The van der Waals surface area contributed by atoms with Crippen LogP contribution < -0.4 is 11.3 Å². The van der Waals surface area contributed by atoms with Gasteiger partial charge in [-0.2, -0.15) is 0 Å². The molecule has 0 radical (unpaired) electrons. The molecule has 0 amide bonds. The average molecular weight is 255 g/mol. The molecule has 1 rings (SSSR count). The Morgan fingerprint density at radius 3 is 2.06 bits per heavy atom. The van der Waals surface area contributed by atoms with E-state index in [4.69, 9.17) is 5.73 Å². The van der Waals surface area contributed by atoms with Crippen molar-refractivity contribution in [3.05, 3.63) is 10.4 Å². The third kappa shape index (κ3) is 2.89. The summed E-state index contributed by atoms with van der Waals surface area (Å²) in [5.41, 5.74) is 4.96. The van der Waals surface area contributed by atoms with E-state index < -0.39 is 5.54 Å². The van der Waals surface area contributed by atoms with Crippen LogP contribution in [-0.4, -0.2) is 14.5 Å². The Morgan fingerprint density at radius 1 is 1.17 bits per heavy atom. The van der Waals surface area contributed by atoms with Crippen LogP contribution in [0.5, 0.6) is 5.88 Å². The first-order chi connectivity index (χ1) is 7.95. The normalized spacial score (nSPS) is 13.0. The molecule has 104 valence electrons. The van der Waals surface area contributed by atoms with Gasteiger partial charge in [-0.05, 0) is 32.6 Å². The molecule has 0 aliphatic rings. The van der Waals surface area contributed by atoms with Crippen molar-refractivity contribution in [3.8, 4) is 5.88 Å².